The number of allylic oxidation sites excluding steroid dienone is 8. The topological polar surface area (TPSA) is 42.8 Å². The first kappa shape index (κ1) is 11.2. The van der Waals surface area contributed by atoms with Gasteiger partial charge in [0.05, 0.1) is 11.1 Å². The second-order valence-electron chi connectivity index (χ2n) is 5.35. The van der Waals surface area contributed by atoms with E-state index in [4.69, 9.17) is 12.5 Å². The van der Waals surface area contributed by atoms with Crippen molar-refractivity contribution in [3.05, 3.63) is 80.7 Å². The molecule has 1 fully saturated rings. The van der Waals surface area contributed by atoms with Crippen LogP contribution in [0.5, 0.6) is 0 Å². The Hall–Kier alpha value is -2.39. The zero-order valence-electron chi connectivity index (χ0n) is 13.7. The van der Waals surface area contributed by atoms with Gasteiger partial charge < -0.3 is 0 Å². The van der Waals surface area contributed by atoms with E-state index in [1.807, 2.05) is 60.7 Å². The molecule has 3 heteroatoms. The Labute approximate surface area is 135 Å². The fourth-order valence-electron chi connectivity index (χ4n) is 2.75. The molecule has 4 rings (SSSR count). The summed E-state index contributed by atoms with van der Waals surface area (Å²) in [7, 11) is 0. The third-order valence-corrected chi connectivity index (χ3v) is 4.95. The van der Waals surface area contributed by atoms with Gasteiger partial charge in [-0.05, 0) is 35.4 Å². The van der Waals surface area contributed by atoms with Crippen LogP contribution in [0.3, 0.4) is 0 Å². The van der Waals surface area contributed by atoms with E-state index in [2.05, 4.69) is 0 Å². The van der Waals surface area contributed by atoms with E-state index < -0.39 is 0 Å². The van der Waals surface area contributed by atoms with Crippen LogP contribution in [0.2, 0.25) is 0 Å². The molecule has 0 saturated carbocycles. The maximum Gasteiger partial charge on any atom is 0.686 e. The van der Waals surface area contributed by atoms with E-state index in [0.717, 1.165) is 32.1 Å². The van der Waals surface area contributed by atoms with Gasteiger partial charge in [-0.1, -0.05) is 48.2 Å². The smallest absolute Gasteiger partial charge is 0.272 e. The molecule has 0 unspecified atom stereocenters. The van der Waals surface area contributed by atoms with Crippen LogP contribution in [0.1, 0.15) is 20.4 Å². The quantitative estimate of drug-likeness (QED) is 0.667. The predicted molar refractivity (Wildman–Crippen MR) is 93.8 cm³/mol. The molecule has 1 aromatic rings. The first-order valence-corrected chi connectivity index (χ1v) is 7.90. The van der Waals surface area contributed by atoms with E-state index in [1.54, 1.807) is 0 Å². The average Bonchev–Trinajstić information content (AvgIpc) is 2.93. The molecule has 0 spiro atoms. The minimum atomic E-state index is 0.545. The van der Waals surface area contributed by atoms with Gasteiger partial charge in [-0.3, -0.25) is 9.59 Å². The van der Waals surface area contributed by atoms with Gasteiger partial charge in [0, 0.05) is 6.42 Å². The van der Waals surface area contributed by atoms with Crippen molar-refractivity contribution in [3.63, 3.8) is 0 Å². The van der Waals surface area contributed by atoms with Crippen LogP contribution < -0.4 is 0 Å². The normalized spacial score (nSPS) is 24.5. The third kappa shape index (κ3) is 2.14. The van der Waals surface area contributed by atoms with Crippen molar-refractivity contribution < 1.29 is 12.5 Å². The predicted octanol–water partition coefficient (Wildman–Crippen LogP) is 4.03. The second kappa shape index (κ2) is 5.11. The van der Waals surface area contributed by atoms with Gasteiger partial charge in [0.1, 0.15) is 9.81 Å². The largest absolute Gasteiger partial charge is 0.686 e. The minimum absolute atomic E-state index is 0.545. The molecular formula is C19H14O2S+2. The van der Waals surface area contributed by atoms with Crippen LogP contribution in [0.4, 0.5) is 0 Å². The van der Waals surface area contributed by atoms with Crippen LogP contribution in [0, 0.1) is 0 Å². The van der Waals surface area contributed by atoms with Crippen molar-refractivity contribution in [1.82, 2.24) is 0 Å². The molecule has 22 heavy (non-hydrogen) atoms. The molecule has 2 nitrogen and oxygen atoms in total. The molecule has 2 N–H and O–H groups in total. The molecule has 1 saturated heterocycles. The lowest BCUT2D eigenvalue weighted by atomic mass is 9.98. The van der Waals surface area contributed by atoms with Gasteiger partial charge in [0.15, 0.2) is 0 Å². The van der Waals surface area contributed by atoms with Gasteiger partial charge in [-0.25, -0.2) is 0 Å². The maximum absolute atomic E-state index is 7.56. The molecule has 0 atom stereocenters. The Morgan fingerprint density at radius 1 is 0.864 bits per heavy atom. The Morgan fingerprint density at radius 2 is 1.41 bits per heavy atom. The molecule has 1 aliphatic carbocycles. The number of benzene rings is 1. The Kier molecular flexibility index (Phi) is 2.60. The lowest BCUT2D eigenvalue weighted by molar-refractivity contribution is 0.672. The van der Waals surface area contributed by atoms with Crippen molar-refractivity contribution in [2.45, 2.75) is 6.42 Å². The zero-order chi connectivity index (χ0) is 16.5. The number of hydrogen-bond acceptors (Lipinski definition) is 1. The fraction of sp³-hybridized carbons (Fsp3) is 0.0526. The van der Waals surface area contributed by atoms with Gasteiger partial charge in [0.2, 0.25) is 0 Å². The molecule has 4 bridgehead atoms. The number of fused-ring (bicyclic) bond motifs is 5. The summed E-state index contributed by atoms with van der Waals surface area (Å²) in [6.07, 6.45) is 12.3. The second-order valence-corrected chi connectivity index (χ2v) is 6.44. The summed E-state index contributed by atoms with van der Waals surface area (Å²) in [6.45, 7) is 0. The van der Waals surface area contributed by atoms with Gasteiger partial charge >= 0.3 is 14.4 Å². The SMILES string of the molecule is [2H][O+]=C1C2=CC=CC=C(C2)C(=[O+][2H])C2=Cc3ccccc3C=C1S2. The summed E-state index contributed by atoms with van der Waals surface area (Å²) in [5.41, 5.74) is 3.90. The molecule has 0 amide bonds. The van der Waals surface area contributed by atoms with Crippen molar-refractivity contribution in [3.8, 4) is 0 Å². The average molecular weight is 308 g/mol. The third-order valence-electron chi connectivity index (χ3n) is 3.91. The number of carbonyl (C=O) groups excluding carboxylic acids is 2. The summed E-state index contributed by atoms with van der Waals surface area (Å²) in [4.78, 5) is 11.7. The van der Waals surface area contributed by atoms with Crippen LogP contribution >= 0.6 is 11.8 Å². The van der Waals surface area contributed by atoms with Crippen molar-refractivity contribution in [2.24, 2.45) is 0 Å². The summed E-state index contributed by atoms with van der Waals surface area (Å²) < 4.78 is 15.1. The molecule has 2 heterocycles. The molecule has 106 valence electrons. The lowest BCUT2D eigenvalue weighted by Crippen LogP contribution is -2.14. The van der Waals surface area contributed by atoms with Gasteiger partial charge in [-0.2, -0.15) is 0 Å². The van der Waals surface area contributed by atoms with Crippen molar-refractivity contribution in [1.29, 1.82) is 0 Å². The minimum Gasteiger partial charge on any atom is -0.272 e. The van der Waals surface area contributed by atoms with Crippen LogP contribution in [-0.2, 0) is 0 Å². The highest BCUT2D eigenvalue weighted by Crippen LogP contribution is 2.40. The molecule has 3 aliphatic rings. The highest BCUT2D eigenvalue weighted by atomic mass is 32.2. The molecule has 1 aromatic carbocycles. The highest BCUT2D eigenvalue weighted by Gasteiger charge is 2.36. The Bertz CT molecular complexity index is 857. The molecule has 2 aliphatic heterocycles. The Balaban J connectivity index is 2.04. The van der Waals surface area contributed by atoms with Crippen molar-refractivity contribution in [2.75, 3.05) is 0 Å². The summed E-state index contributed by atoms with van der Waals surface area (Å²) >= 11 is 1.46. The number of thioether (sulfide) groups is 1. The van der Waals surface area contributed by atoms with Crippen LogP contribution in [0.25, 0.3) is 12.2 Å². The fourth-order valence-corrected chi connectivity index (χ4v) is 3.81. The Morgan fingerprint density at radius 3 is 1.91 bits per heavy atom. The number of hydrogen-bond donors (Lipinski definition) is 0. The first-order valence-electron chi connectivity index (χ1n) is 7.90. The zero-order valence-corrected chi connectivity index (χ0v) is 12.5. The van der Waals surface area contributed by atoms with E-state index in [1.165, 1.54) is 11.8 Å². The lowest BCUT2D eigenvalue weighted by Gasteiger charge is -2.09. The van der Waals surface area contributed by atoms with E-state index in [9.17, 15) is 0 Å². The van der Waals surface area contributed by atoms with E-state index in [-0.39, 0.29) is 0 Å². The van der Waals surface area contributed by atoms with E-state index >= 15 is 0 Å². The van der Waals surface area contributed by atoms with Gasteiger partial charge in [-0.15, -0.1) is 0 Å². The summed E-state index contributed by atoms with van der Waals surface area (Å²) in [5.74, 6) is 1.09. The molecule has 0 radical (unpaired) electrons. The van der Waals surface area contributed by atoms with E-state index in [0.29, 0.717) is 18.0 Å². The standard InChI is InChI=1S/C19H12O2S/c20-18-14-7-3-4-8-15(9-14)19(21)17-11-13-6-2-1-5-12(13)10-16(18)22-17/h1-8,10-11H,9H2/p+2/i/hD2. The molecular weight excluding hydrogens is 292 g/mol. The van der Waals surface area contributed by atoms with Crippen LogP contribution in [-0.4, -0.2) is 21.2 Å². The van der Waals surface area contributed by atoms with Crippen molar-refractivity contribution >= 4 is 35.5 Å². The number of rotatable bonds is 0. The summed E-state index contributed by atoms with van der Waals surface area (Å²) in [6, 6.07) is 8.03. The summed E-state index contributed by atoms with van der Waals surface area (Å²) in [5, 5.41) is 0. The van der Waals surface area contributed by atoms with Gasteiger partial charge in [0.25, 0.3) is 0 Å². The number of ketones is 2. The van der Waals surface area contributed by atoms with Crippen LogP contribution in [0.15, 0.2) is 69.5 Å². The maximum atomic E-state index is 7.56. The monoisotopic (exact) mass is 308 g/mol. The highest BCUT2D eigenvalue weighted by molar-refractivity contribution is 8.08. The first-order chi connectivity index (χ1) is 11.8. The molecule has 0 aromatic heterocycles.